The summed E-state index contributed by atoms with van der Waals surface area (Å²) in [5.74, 6) is 2.18. The molecule has 0 radical (unpaired) electrons. The van der Waals surface area contributed by atoms with Crippen LogP contribution in [0.2, 0.25) is 0 Å². The van der Waals surface area contributed by atoms with Crippen molar-refractivity contribution >= 4 is 17.3 Å². The second-order valence-electron chi connectivity index (χ2n) is 4.82. The molecule has 0 unspecified atom stereocenters. The van der Waals surface area contributed by atoms with E-state index in [2.05, 4.69) is 20.2 Å². The van der Waals surface area contributed by atoms with Crippen LogP contribution in [0.5, 0.6) is 0 Å². The maximum atomic E-state index is 13.1. The van der Waals surface area contributed by atoms with Gasteiger partial charge < -0.3 is 10.2 Å². The van der Waals surface area contributed by atoms with Gasteiger partial charge in [-0.05, 0) is 52.0 Å². The van der Waals surface area contributed by atoms with Gasteiger partial charge in [-0.25, -0.2) is 14.4 Å². The molecule has 0 saturated carbocycles. The molecule has 1 aromatic carbocycles. The van der Waals surface area contributed by atoms with Crippen molar-refractivity contribution in [2.45, 2.75) is 27.7 Å². The van der Waals surface area contributed by atoms with E-state index in [1.54, 1.807) is 12.1 Å². The quantitative estimate of drug-likeness (QED) is 0.908. The number of halogens is 1. The Kier molecular flexibility index (Phi) is 4.73. The molecule has 0 saturated heterocycles. The van der Waals surface area contributed by atoms with Gasteiger partial charge >= 0.3 is 0 Å². The van der Waals surface area contributed by atoms with Crippen molar-refractivity contribution in [3.63, 3.8) is 0 Å². The minimum atomic E-state index is -0.237. The summed E-state index contributed by atoms with van der Waals surface area (Å²) in [7, 11) is 0. The molecule has 0 spiro atoms. The van der Waals surface area contributed by atoms with E-state index < -0.39 is 0 Å². The summed E-state index contributed by atoms with van der Waals surface area (Å²) in [6.07, 6.45) is 0. The molecule has 2 rings (SSSR count). The van der Waals surface area contributed by atoms with Crippen LogP contribution in [0.15, 0.2) is 24.3 Å². The van der Waals surface area contributed by atoms with Crippen molar-refractivity contribution in [3.8, 4) is 0 Å². The minimum Gasteiger partial charge on any atom is -0.370 e. The first-order chi connectivity index (χ1) is 10.1. The summed E-state index contributed by atoms with van der Waals surface area (Å²) < 4.78 is 13.1. The van der Waals surface area contributed by atoms with Gasteiger partial charge in [0.05, 0.1) is 0 Å². The predicted octanol–water partition coefficient (Wildman–Crippen LogP) is 3.82. The van der Waals surface area contributed by atoms with Crippen LogP contribution >= 0.6 is 0 Å². The van der Waals surface area contributed by atoms with E-state index in [9.17, 15) is 4.39 Å². The van der Waals surface area contributed by atoms with Crippen LogP contribution in [0.1, 0.15) is 25.2 Å². The summed E-state index contributed by atoms with van der Waals surface area (Å²) in [6, 6.07) is 6.46. The zero-order valence-corrected chi connectivity index (χ0v) is 12.9. The van der Waals surface area contributed by atoms with Crippen molar-refractivity contribution in [1.82, 2.24) is 9.97 Å². The van der Waals surface area contributed by atoms with E-state index in [0.717, 1.165) is 36.0 Å². The van der Waals surface area contributed by atoms with Crippen LogP contribution < -0.4 is 10.2 Å². The number of benzene rings is 1. The van der Waals surface area contributed by atoms with Crippen LogP contribution in [0, 0.1) is 19.7 Å². The molecule has 0 aliphatic carbocycles. The molecule has 1 heterocycles. The molecule has 5 heteroatoms. The van der Waals surface area contributed by atoms with Gasteiger partial charge in [0.25, 0.3) is 0 Å². The Morgan fingerprint density at radius 1 is 1.10 bits per heavy atom. The van der Waals surface area contributed by atoms with Crippen molar-refractivity contribution < 1.29 is 4.39 Å². The number of hydrogen-bond donors (Lipinski definition) is 1. The maximum absolute atomic E-state index is 13.1. The summed E-state index contributed by atoms with van der Waals surface area (Å²) in [5.41, 5.74) is 1.91. The molecule has 0 aliphatic heterocycles. The van der Waals surface area contributed by atoms with Gasteiger partial charge in [-0.15, -0.1) is 0 Å². The number of aryl methyl sites for hydroxylation is 1. The second-order valence-corrected chi connectivity index (χ2v) is 4.82. The van der Waals surface area contributed by atoms with Gasteiger partial charge in [0.1, 0.15) is 23.3 Å². The maximum Gasteiger partial charge on any atom is 0.141 e. The van der Waals surface area contributed by atoms with Crippen LogP contribution in [-0.4, -0.2) is 23.1 Å². The minimum absolute atomic E-state index is 0.237. The molecule has 0 fully saturated rings. The van der Waals surface area contributed by atoms with E-state index in [4.69, 9.17) is 0 Å². The fourth-order valence-electron chi connectivity index (χ4n) is 2.29. The Bertz CT molecular complexity index is 610. The lowest BCUT2D eigenvalue weighted by atomic mass is 10.2. The van der Waals surface area contributed by atoms with Crippen molar-refractivity contribution in [3.05, 3.63) is 41.5 Å². The SMILES string of the molecule is CCNc1nc(C)nc(N(CC)c2ccc(F)cc2)c1C. The zero-order chi connectivity index (χ0) is 15.4. The summed E-state index contributed by atoms with van der Waals surface area (Å²) >= 11 is 0. The first kappa shape index (κ1) is 15.2. The molecular weight excluding hydrogens is 267 g/mol. The molecule has 21 heavy (non-hydrogen) atoms. The lowest BCUT2D eigenvalue weighted by molar-refractivity contribution is 0.627. The van der Waals surface area contributed by atoms with Gasteiger partial charge in [-0.3, -0.25) is 0 Å². The van der Waals surface area contributed by atoms with Crippen molar-refractivity contribution in [1.29, 1.82) is 0 Å². The Hall–Kier alpha value is -2.17. The largest absolute Gasteiger partial charge is 0.370 e. The summed E-state index contributed by atoms with van der Waals surface area (Å²) in [5, 5.41) is 3.26. The number of nitrogens with zero attached hydrogens (tertiary/aromatic N) is 3. The van der Waals surface area contributed by atoms with Crippen LogP contribution in [0.3, 0.4) is 0 Å². The number of aromatic nitrogens is 2. The average molecular weight is 288 g/mol. The first-order valence-corrected chi connectivity index (χ1v) is 7.19. The summed E-state index contributed by atoms with van der Waals surface area (Å²) in [6.45, 7) is 9.51. The molecule has 0 amide bonds. The van der Waals surface area contributed by atoms with Crippen molar-refractivity contribution in [2.24, 2.45) is 0 Å². The Morgan fingerprint density at radius 2 is 1.76 bits per heavy atom. The van der Waals surface area contributed by atoms with E-state index in [-0.39, 0.29) is 5.82 Å². The van der Waals surface area contributed by atoms with Gasteiger partial charge in [-0.1, -0.05) is 0 Å². The highest BCUT2D eigenvalue weighted by atomic mass is 19.1. The predicted molar refractivity (Wildman–Crippen MR) is 84.7 cm³/mol. The fourth-order valence-corrected chi connectivity index (χ4v) is 2.29. The second kappa shape index (κ2) is 6.52. The number of anilines is 3. The Morgan fingerprint density at radius 3 is 2.33 bits per heavy atom. The molecule has 1 N–H and O–H groups in total. The molecule has 2 aromatic rings. The normalized spacial score (nSPS) is 10.5. The third-order valence-electron chi connectivity index (χ3n) is 3.29. The average Bonchev–Trinajstić information content (AvgIpc) is 2.46. The van der Waals surface area contributed by atoms with E-state index in [0.29, 0.717) is 5.82 Å². The van der Waals surface area contributed by atoms with Gasteiger partial charge in [0, 0.05) is 24.3 Å². The van der Waals surface area contributed by atoms with E-state index >= 15 is 0 Å². The number of rotatable bonds is 5. The molecule has 0 bridgehead atoms. The highest BCUT2D eigenvalue weighted by Crippen LogP contribution is 2.29. The molecule has 4 nitrogen and oxygen atoms in total. The molecule has 1 aromatic heterocycles. The third-order valence-corrected chi connectivity index (χ3v) is 3.29. The zero-order valence-electron chi connectivity index (χ0n) is 12.9. The van der Waals surface area contributed by atoms with Crippen LogP contribution in [0.25, 0.3) is 0 Å². The van der Waals surface area contributed by atoms with Crippen LogP contribution in [-0.2, 0) is 0 Å². The standard InChI is InChI=1S/C16H21FN4/c1-5-18-15-11(3)16(20-12(4)19-15)21(6-2)14-9-7-13(17)8-10-14/h7-10H,5-6H2,1-4H3,(H,18,19,20). The Labute approximate surface area is 125 Å². The topological polar surface area (TPSA) is 41.1 Å². The molecular formula is C16H21FN4. The van der Waals surface area contributed by atoms with Gasteiger partial charge in [-0.2, -0.15) is 0 Å². The first-order valence-electron chi connectivity index (χ1n) is 7.19. The van der Waals surface area contributed by atoms with Crippen molar-refractivity contribution in [2.75, 3.05) is 23.3 Å². The third kappa shape index (κ3) is 3.29. The highest BCUT2D eigenvalue weighted by molar-refractivity contribution is 5.67. The lowest BCUT2D eigenvalue weighted by Crippen LogP contribution is -2.20. The monoisotopic (exact) mass is 288 g/mol. The number of hydrogen-bond acceptors (Lipinski definition) is 4. The lowest BCUT2D eigenvalue weighted by Gasteiger charge is -2.25. The van der Waals surface area contributed by atoms with Gasteiger partial charge in [0.2, 0.25) is 0 Å². The smallest absolute Gasteiger partial charge is 0.141 e. The number of nitrogens with one attached hydrogen (secondary N) is 1. The van der Waals surface area contributed by atoms with E-state index in [1.165, 1.54) is 12.1 Å². The highest BCUT2D eigenvalue weighted by Gasteiger charge is 2.16. The Balaban J connectivity index is 2.49. The summed E-state index contributed by atoms with van der Waals surface area (Å²) in [4.78, 5) is 11.1. The molecule has 0 atom stereocenters. The molecule has 0 aliphatic rings. The van der Waals surface area contributed by atoms with Crippen LogP contribution in [0.4, 0.5) is 21.7 Å². The van der Waals surface area contributed by atoms with E-state index in [1.807, 2.05) is 27.7 Å². The van der Waals surface area contributed by atoms with Gasteiger partial charge in [0.15, 0.2) is 0 Å². The fraction of sp³-hybridized carbons (Fsp3) is 0.375. The molecule has 112 valence electrons.